The number of nitro groups is 1. The topological polar surface area (TPSA) is 106 Å². The Labute approximate surface area is 120 Å². The number of hydrogen-bond donors (Lipinski definition) is 1. The normalized spacial score (nSPS) is 20.6. The molecule has 0 radical (unpaired) electrons. The van der Waals surface area contributed by atoms with Gasteiger partial charge in [0, 0.05) is 26.1 Å². The van der Waals surface area contributed by atoms with Crippen LogP contribution >= 0.6 is 0 Å². The molecule has 2 amide bonds. The molecular formula is C13H15N3O5. The number of nitrogens with zero attached hydrogens (tertiary/aromatic N) is 2. The van der Waals surface area contributed by atoms with Gasteiger partial charge < -0.3 is 14.6 Å². The summed E-state index contributed by atoms with van der Waals surface area (Å²) in [6, 6.07) is 2.50. The van der Waals surface area contributed by atoms with E-state index in [1.807, 2.05) is 0 Å². The molecule has 1 spiro atoms. The molecule has 2 aliphatic heterocycles. The number of hydrogen-bond acceptors (Lipinski definition) is 5. The van der Waals surface area contributed by atoms with E-state index in [9.17, 15) is 19.7 Å². The Morgan fingerprint density at radius 1 is 1.38 bits per heavy atom. The Balaban J connectivity index is 1.64. The monoisotopic (exact) mass is 293 g/mol. The second-order valence-electron chi connectivity index (χ2n) is 5.64. The second kappa shape index (κ2) is 4.87. The van der Waals surface area contributed by atoms with Gasteiger partial charge in [0.2, 0.25) is 5.91 Å². The summed E-state index contributed by atoms with van der Waals surface area (Å²) in [5.74, 6) is -0.720. The standard InChI is InChI=1S/C13H15N3O5/c17-10-7-13(8-14-10)3-5-15(6-4-13)12(18)9-1-2-11(21-9)16(19)20/h1-2H,3-8H2,(H,14,17). The molecule has 1 N–H and O–H groups in total. The first-order chi connectivity index (χ1) is 9.99. The highest BCUT2D eigenvalue weighted by Gasteiger charge is 2.42. The molecule has 8 heteroatoms. The molecule has 0 atom stereocenters. The number of likely N-dealkylation sites (tertiary alicyclic amines) is 1. The summed E-state index contributed by atoms with van der Waals surface area (Å²) < 4.78 is 4.94. The number of piperidine rings is 1. The maximum atomic E-state index is 12.2. The van der Waals surface area contributed by atoms with Crippen LogP contribution in [-0.2, 0) is 4.79 Å². The van der Waals surface area contributed by atoms with Gasteiger partial charge in [0.25, 0.3) is 5.91 Å². The van der Waals surface area contributed by atoms with Crippen molar-refractivity contribution in [3.8, 4) is 0 Å². The zero-order chi connectivity index (χ0) is 15.0. The first-order valence-electron chi connectivity index (χ1n) is 6.79. The molecule has 0 aliphatic carbocycles. The smallest absolute Gasteiger partial charge is 0.395 e. The van der Waals surface area contributed by atoms with Crippen LogP contribution in [0.3, 0.4) is 0 Å². The van der Waals surface area contributed by atoms with Gasteiger partial charge in [0.1, 0.15) is 4.92 Å². The highest BCUT2D eigenvalue weighted by Crippen LogP contribution is 2.37. The zero-order valence-electron chi connectivity index (χ0n) is 11.3. The Morgan fingerprint density at radius 3 is 2.62 bits per heavy atom. The Kier molecular flexibility index (Phi) is 3.15. The van der Waals surface area contributed by atoms with Crippen molar-refractivity contribution in [1.29, 1.82) is 0 Å². The average molecular weight is 293 g/mol. The molecule has 8 nitrogen and oxygen atoms in total. The summed E-state index contributed by atoms with van der Waals surface area (Å²) in [6.07, 6.45) is 2.02. The average Bonchev–Trinajstić information content (AvgIpc) is 3.07. The lowest BCUT2D eigenvalue weighted by molar-refractivity contribution is -0.402. The fourth-order valence-corrected chi connectivity index (χ4v) is 2.99. The van der Waals surface area contributed by atoms with Crippen LogP contribution in [0.1, 0.15) is 29.8 Å². The molecule has 21 heavy (non-hydrogen) atoms. The van der Waals surface area contributed by atoms with Gasteiger partial charge in [-0.2, -0.15) is 0 Å². The van der Waals surface area contributed by atoms with Gasteiger partial charge in [-0.1, -0.05) is 0 Å². The van der Waals surface area contributed by atoms with E-state index < -0.39 is 10.8 Å². The Hall–Kier alpha value is -2.38. The molecule has 0 saturated carbocycles. The van der Waals surface area contributed by atoms with Crippen molar-refractivity contribution in [3.05, 3.63) is 28.0 Å². The van der Waals surface area contributed by atoms with Crippen LogP contribution in [0.15, 0.2) is 16.5 Å². The first-order valence-corrected chi connectivity index (χ1v) is 6.79. The fourth-order valence-electron chi connectivity index (χ4n) is 2.99. The summed E-state index contributed by atoms with van der Waals surface area (Å²) in [4.78, 5) is 35.1. The van der Waals surface area contributed by atoms with Gasteiger partial charge in [-0.15, -0.1) is 0 Å². The van der Waals surface area contributed by atoms with Crippen LogP contribution < -0.4 is 5.32 Å². The minimum Gasteiger partial charge on any atom is -0.395 e. The van der Waals surface area contributed by atoms with E-state index in [4.69, 9.17) is 4.42 Å². The van der Waals surface area contributed by atoms with Gasteiger partial charge in [0.15, 0.2) is 5.76 Å². The van der Waals surface area contributed by atoms with Crippen LogP contribution in [-0.4, -0.2) is 41.3 Å². The lowest BCUT2D eigenvalue weighted by Gasteiger charge is -2.37. The number of furan rings is 1. The molecule has 0 aromatic carbocycles. The summed E-state index contributed by atoms with van der Waals surface area (Å²) in [7, 11) is 0. The highest BCUT2D eigenvalue weighted by atomic mass is 16.6. The molecular weight excluding hydrogens is 278 g/mol. The second-order valence-corrected chi connectivity index (χ2v) is 5.64. The molecule has 0 unspecified atom stereocenters. The zero-order valence-corrected chi connectivity index (χ0v) is 11.3. The van der Waals surface area contributed by atoms with Gasteiger partial charge in [-0.05, 0) is 24.3 Å². The largest absolute Gasteiger partial charge is 0.433 e. The third-order valence-electron chi connectivity index (χ3n) is 4.29. The van der Waals surface area contributed by atoms with E-state index in [-0.39, 0.29) is 23.0 Å². The molecule has 3 rings (SSSR count). The third kappa shape index (κ3) is 2.48. The minimum absolute atomic E-state index is 0.0155. The maximum absolute atomic E-state index is 12.2. The van der Waals surface area contributed by atoms with E-state index in [2.05, 4.69) is 5.32 Å². The van der Waals surface area contributed by atoms with Crippen molar-refractivity contribution in [2.45, 2.75) is 19.3 Å². The SMILES string of the molecule is O=C1CC2(CCN(C(=O)c3ccc([N+](=O)[O-])o3)CC2)CN1. The first kappa shape index (κ1) is 13.6. The van der Waals surface area contributed by atoms with Gasteiger partial charge in [0.05, 0.1) is 6.07 Å². The van der Waals surface area contributed by atoms with E-state index in [0.717, 1.165) is 12.8 Å². The summed E-state index contributed by atoms with van der Waals surface area (Å²) in [5.41, 5.74) is -0.0387. The summed E-state index contributed by atoms with van der Waals surface area (Å²) in [6.45, 7) is 1.73. The predicted molar refractivity (Wildman–Crippen MR) is 70.6 cm³/mol. The Bertz CT molecular complexity index is 601. The molecule has 0 bridgehead atoms. The molecule has 112 valence electrons. The minimum atomic E-state index is -0.669. The van der Waals surface area contributed by atoms with Crippen LogP contribution in [0.5, 0.6) is 0 Å². The van der Waals surface area contributed by atoms with Gasteiger partial charge in [-0.3, -0.25) is 19.7 Å². The fraction of sp³-hybridized carbons (Fsp3) is 0.538. The van der Waals surface area contributed by atoms with Crippen LogP contribution in [0.25, 0.3) is 0 Å². The molecule has 1 aromatic heterocycles. The van der Waals surface area contributed by atoms with E-state index in [1.165, 1.54) is 12.1 Å². The number of amides is 2. The summed E-state index contributed by atoms with van der Waals surface area (Å²) >= 11 is 0. The number of nitrogens with one attached hydrogen (secondary N) is 1. The molecule has 2 aliphatic rings. The van der Waals surface area contributed by atoms with Crippen molar-refractivity contribution in [2.24, 2.45) is 5.41 Å². The molecule has 2 saturated heterocycles. The number of carbonyl (C=O) groups excluding carboxylic acids is 2. The van der Waals surface area contributed by atoms with E-state index in [0.29, 0.717) is 26.1 Å². The van der Waals surface area contributed by atoms with Crippen LogP contribution in [0.2, 0.25) is 0 Å². The van der Waals surface area contributed by atoms with Crippen molar-refractivity contribution >= 4 is 17.7 Å². The number of rotatable bonds is 2. The number of carbonyl (C=O) groups is 2. The van der Waals surface area contributed by atoms with Crippen molar-refractivity contribution in [1.82, 2.24) is 10.2 Å². The maximum Gasteiger partial charge on any atom is 0.433 e. The van der Waals surface area contributed by atoms with Gasteiger partial charge >= 0.3 is 5.88 Å². The lowest BCUT2D eigenvalue weighted by Crippen LogP contribution is -2.43. The predicted octanol–water partition coefficient (Wildman–Crippen LogP) is 0.930. The van der Waals surface area contributed by atoms with Crippen molar-refractivity contribution in [2.75, 3.05) is 19.6 Å². The Morgan fingerprint density at radius 2 is 2.10 bits per heavy atom. The van der Waals surface area contributed by atoms with Crippen LogP contribution in [0.4, 0.5) is 5.88 Å². The van der Waals surface area contributed by atoms with Crippen LogP contribution in [0, 0.1) is 15.5 Å². The van der Waals surface area contributed by atoms with E-state index >= 15 is 0 Å². The molecule has 1 aromatic rings. The highest BCUT2D eigenvalue weighted by molar-refractivity contribution is 5.91. The van der Waals surface area contributed by atoms with Crippen molar-refractivity contribution < 1.29 is 18.9 Å². The lowest BCUT2D eigenvalue weighted by atomic mass is 9.77. The van der Waals surface area contributed by atoms with Gasteiger partial charge in [-0.25, -0.2) is 0 Å². The quantitative estimate of drug-likeness (QED) is 0.645. The molecule has 3 heterocycles. The third-order valence-corrected chi connectivity index (χ3v) is 4.29. The van der Waals surface area contributed by atoms with Crippen molar-refractivity contribution in [3.63, 3.8) is 0 Å². The van der Waals surface area contributed by atoms with E-state index in [1.54, 1.807) is 4.90 Å². The molecule has 2 fully saturated rings. The summed E-state index contributed by atoms with van der Waals surface area (Å²) in [5, 5.41) is 13.4.